The number of hydrogen-bond donors (Lipinski definition) is 0. The highest BCUT2D eigenvalue weighted by Crippen LogP contribution is 2.40. The molecule has 2 atom stereocenters. The lowest BCUT2D eigenvalue weighted by Gasteiger charge is -2.49. The van der Waals surface area contributed by atoms with Gasteiger partial charge in [-0.2, -0.15) is 13.2 Å². The predicted octanol–water partition coefficient (Wildman–Crippen LogP) is 5.14. The van der Waals surface area contributed by atoms with Crippen LogP contribution in [0.25, 0.3) is 0 Å². The maximum absolute atomic E-state index is 13.1. The lowest BCUT2D eigenvalue weighted by Crippen LogP contribution is -2.55. The lowest BCUT2D eigenvalue weighted by atomic mass is 9.89. The summed E-state index contributed by atoms with van der Waals surface area (Å²) in [5, 5.41) is 0. The molecule has 0 N–H and O–H groups in total. The van der Waals surface area contributed by atoms with Crippen LogP contribution in [-0.2, 0) is 6.18 Å². The Kier molecular flexibility index (Phi) is 5.82. The zero-order valence-electron chi connectivity index (χ0n) is 17.3. The minimum Gasteiger partial charge on any atom is -0.493 e. The second kappa shape index (κ2) is 8.38. The van der Waals surface area contributed by atoms with Gasteiger partial charge in [0.15, 0.2) is 11.5 Å². The van der Waals surface area contributed by atoms with Crippen molar-refractivity contribution in [2.24, 2.45) is 0 Å². The van der Waals surface area contributed by atoms with Crippen LogP contribution in [0.2, 0.25) is 0 Å². The summed E-state index contributed by atoms with van der Waals surface area (Å²) in [6.45, 7) is 2.27. The van der Waals surface area contributed by atoms with Gasteiger partial charge in [-0.15, -0.1) is 0 Å². The van der Waals surface area contributed by atoms with Crippen LogP contribution in [0, 0.1) is 0 Å². The average Bonchev–Trinajstić information content (AvgIpc) is 2.77. The van der Waals surface area contributed by atoms with Crippen LogP contribution in [0.1, 0.15) is 36.4 Å². The molecule has 2 aliphatic heterocycles. The molecule has 2 saturated heterocycles. The summed E-state index contributed by atoms with van der Waals surface area (Å²) in [5.74, 6) is 1.43. The minimum atomic E-state index is -4.32. The van der Waals surface area contributed by atoms with Crippen LogP contribution in [0.3, 0.4) is 0 Å². The van der Waals surface area contributed by atoms with Gasteiger partial charge in [-0.1, -0.05) is 12.1 Å². The van der Waals surface area contributed by atoms with Crippen molar-refractivity contribution in [1.82, 2.24) is 4.90 Å². The Labute approximate surface area is 175 Å². The monoisotopic (exact) mass is 420 g/mol. The van der Waals surface area contributed by atoms with Crippen molar-refractivity contribution in [3.05, 3.63) is 53.6 Å². The summed E-state index contributed by atoms with van der Waals surface area (Å²) in [6, 6.07) is 12.4. The predicted molar refractivity (Wildman–Crippen MR) is 110 cm³/mol. The highest BCUT2D eigenvalue weighted by atomic mass is 19.4. The molecule has 0 saturated carbocycles. The molecular weight excluding hydrogens is 393 g/mol. The summed E-state index contributed by atoms with van der Waals surface area (Å²) in [4.78, 5) is 4.60. The average molecular weight is 420 g/mol. The fourth-order valence-corrected chi connectivity index (χ4v) is 4.78. The number of halogens is 3. The van der Waals surface area contributed by atoms with E-state index in [-0.39, 0.29) is 6.04 Å². The smallest absolute Gasteiger partial charge is 0.416 e. The van der Waals surface area contributed by atoms with Gasteiger partial charge in [0, 0.05) is 37.4 Å². The number of fused-ring (bicyclic) bond motifs is 1. The molecule has 2 aromatic rings. The standard InChI is InChI=1S/C23H27F3N2O2/c1-29-21-10-9-16(13-22(21)30-2)20-8-4-7-19-15-27(11-12-28(19)20)18-6-3-5-17(14-18)23(24,25)26/h3,5-6,9-10,13-14,19-20H,4,7-8,11-12,15H2,1-2H3/t19-,20+/m0/s1. The van der Waals surface area contributed by atoms with E-state index in [9.17, 15) is 13.2 Å². The normalized spacial score (nSPS) is 22.5. The van der Waals surface area contributed by atoms with E-state index < -0.39 is 11.7 Å². The Morgan fingerprint density at radius 2 is 1.73 bits per heavy atom. The molecule has 4 nitrogen and oxygen atoms in total. The zero-order valence-corrected chi connectivity index (χ0v) is 17.3. The van der Waals surface area contributed by atoms with Gasteiger partial charge in [0.2, 0.25) is 0 Å². The molecule has 4 rings (SSSR count). The third-order valence-corrected chi connectivity index (χ3v) is 6.27. The molecule has 2 heterocycles. The van der Waals surface area contributed by atoms with E-state index in [2.05, 4.69) is 15.9 Å². The molecule has 0 bridgehead atoms. The first kappa shape index (κ1) is 20.8. The molecule has 0 spiro atoms. The highest BCUT2D eigenvalue weighted by Gasteiger charge is 2.37. The SMILES string of the molecule is COc1ccc([C@H]2CCC[C@H]3CN(c4cccc(C(F)(F)F)c4)CCN32)cc1OC. The third-order valence-electron chi connectivity index (χ3n) is 6.27. The number of benzene rings is 2. The van der Waals surface area contributed by atoms with E-state index in [1.807, 2.05) is 12.1 Å². The minimum absolute atomic E-state index is 0.284. The first-order valence-corrected chi connectivity index (χ1v) is 10.3. The van der Waals surface area contributed by atoms with Gasteiger partial charge in [-0.05, 0) is 55.2 Å². The van der Waals surface area contributed by atoms with Crippen LogP contribution in [0.4, 0.5) is 18.9 Å². The number of piperazine rings is 1. The molecule has 0 aromatic heterocycles. The quantitative estimate of drug-likeness (QED) is 0.684. The van der Waals surface area contributed by atoms with Crippen LogP contribution in [-0.4, -0.2) is 44.8 Å². The van der Waals surface area contributed by atoms with E-state index >= 15 is 0 Å². The molecule has 30 heavy (non-hydrogen) atoms. The first-order chi connectivity index (χ1) is 14.4. The Morgan fingerprint density at radius 3 is 2.47 bits per heavy atom. The van der Waals surface area contributed by atoms with Gasteiger partial charge in [-0.3, -0.25) is 4.90 Å². The van der Waals surface area contributed by atoms with Crippen molar-refractivity contribution < 1.29 is 22.6 Å². The molecule has 162 valence electrons. The van der Waals surface area contributed by atoms with Crippen molar-refractivity contribution in [3.8, 4) is 11.5 Å². The summed E-state index contributed by atoms with van der Waals surface area (Å²) < 4.78 is 50.2. The number of hydrogen-bond acceptors (Lipinski definition) is 4. The molecule has 0 aliphatic carbocycles. The lowest BCUT2D eigenvalue weighted by molar-refractivity contribution is -0.137. The Morgan fingerprint density at radius 1 is 0.933 bits per heavy atom. The Balaban J connectivity index is 1.52. The second-order valence-electron chi connectivity index (χ2n) is 7.95. The number of piperidine rings is 1. The molecule has 2 fully saturated rings. The van der Waals surface area contributed by atoms with Gasteiger partial charge >= 0.3 is 6.18 Å². The number of nitrogens with zero attached hydrogens (tertiary/aromatic N) is 2. The third kappa shape index (κ3) is 4.08. The van der Waals surface area contributed by atoms with Gasteiger partial charge in [0.1, 0.15) is 0 Å². The summed E-state index contributed by atoms with van der Waals surface area (Å²) in [5.41, 5.74) is 1.26. The topological polar surface area (TPSA) is 24.9 Å². The maximum Gasteiger partial charge on any atom is 0.416 e. The molecule has 2 aromatic carbocycles. The van der Waals surface area contributed by atoms with E-state index in [0.29, 0.717) is 24.0 Å². The molecule has 2 aliphatic rings. The highest BCUT2D eigenvalue weighted by molar-refractivity contribution is 5.50. The van der Waals surface area contributed by atoms with Gasteiger partial charge in [0.05, 0.1) is 19.8 Å². The van der Waals surface area contributed by atoms with Crippen LogP contribution >= 0.6 is 0 Å². The van der Waals surface area contributed by atoms with E-state index in [1.165, 1.54) is 17.7 Å². The number of methoxy groups -OCH3 is 2. The molecular formula is C23H27F3N2O2. The molecule has 7 heteroatoms. The molecule has 0 radical (unpaired) electrons. The van der Waals surface area contributed by atoms with E-state index in [0.717, 1.165) is 44.2 Å². The van der Waals surface area contributed by atoms with E-state index in [1.54, 1.807) is 20.3 Å². The van der Waals surface area contributed by atoms with Crippen LogP contribution in [0.5, 0.6) is 11.5 Å². The van der Waals surface area contributed by atoms with Crippen molar-refractivity contribution in [1.29, 1.82) is 0 Å². The van der Waals surface area contributed by atoms with Crippen molar-refractivity contribution in [2.45, 2.75) is 37.5 Å². The van der Waals surface area contributed by atoms with Crippen LogP contribution < -0.4 is 14.4 Å². The molecule has 0 unspecified atom stereocenters. The van der Waals surface area contributed by atoms with Gasteiger partial charge in [0.25, 0.3) is 0 Å². The number of ether oxygens (including phenoxy) is 2. The second-order valence-corrected chi connectivity index (χ2v) is 7.95. The fourth-order valence-electron chi connectivity index (χ4n) is 4.78. The largest absolute Gasteiger partial charge is 0.493 e. The van der Waals surface area contributed by atoms with Crippen LogP contribution in [0.15, 0.2) is 42.5 Å². The van der Waals surface area contributed by atoms with Crippen molar-refractivity contribution in [2.75, 3.05) is 38.8 Å². The van der Waals surface area contributed by atoms with E-state index in [4.69, 9.17) is 9.47 Å². The Bertz CT molecular complexity index is 887. The Hall–Kier alpha value is -2.41. The number of anilines is 1. The summed E-state index contributed by atoms with van der Waals surface area (Å²) >= 11 is 0. The van der Waals surface area contributed by atoms with Crippen molar-refractivity contribution in [3.63, 3.8) is 0 Å². The number of alkyl halides is 3. The van der Waals surface area contributed by atoms with Gasteiger partial charge in [-0.25, -0.2) is 0 Å². The van der Waals surface area contributed by atoms with Gasteiger partial charge < -0.3 is 14.4 Å². The molecule has 0 amide bonds. The first-order valence-electron chi connectivity index (χ1n) is 10.3. The number of rotatable bonds is 4. The zero-order chi connectivity index (χ0) is 21.3. The summed E-state index contributed by atoms with van der Waals surface area (Å²) in [7, 11) is 3.26. The van der Waals surface area contributed by atoms with Crippen molar-refractivity contribution >= 4 is 5.69 Å². The summed E-state index contributed by atoms with van der Waals surface area (Å²) in [6.07, 6.45) is -1.10. The maximum atomic E-state index is 13.1. The fraction of sp³-hybridized carbons (Fsp3) is 0.478.